The minimum Gasteiger partial charge on any atom is -0.477 e. The van der Waals surface area contributed by atoms with E-state index in [1.54, 1.807) is 0 Å². The van der Waals surface area contributed by atoms with E-state index in [-0.39, 0.29) is 11.4 Å². The second kappa shape index (κ2) is 14.2. The van der Waals surface area contributed by atoms with Gasteiger partial charge in [-0.2, -0.15) is 0 Å². The summed E-state index contributed by atoms with van der Waals surface area (Å²) < 4.78 is 0.705. The third-order valence-electron chi connectivity index (χ3n) is 8.27. The summed E-state index contributed by atoms with van der Waals surface area (Å²) in [5.74, 6) is -3.04. The van der Waals surface area contributed by atoms with Crippen molar-refractivity contribution in [1.29, 1.82) is 0 Å². The Morgan fingerprint density at radius 1 is 0.940 bits per heavy atom. The molecule has 2 aliphatic rings. The van der Waals surface area contributed by atoms with Crippen LogP contribution in [0.5, 0.6) is 0 Å². The van der Waals surface area contributed by atoms with Crippen LogP contribution in [0, 0.1) is 6.92 Å². The number of fused-ring (bicyclic) bond motifs is 1. The SMILES string of the molecule is Cc1nnc(SCC2=C(C(=O)O)N3C(=O)C(NC(=O)C(=O)c4csc(NC(c5ccccc5)(c5ccccc5)c5ccccc5)n4)[C@@H]3SC2)s1. The van der Waals surface area contributed by atoms with Crippen LogP contribution in [-0.4, -0.2) is 71.7 Å². The molecule has 0 radical (unpaired) electrons. The fourth-order valence-electron chi connectivity index (χ4n) is 5.98. The molecule has 7 rings (SSSR count). The van der Waals surface area contributed by atoms with E-state index < -0.39 is 40.5 Å². The van der Waals surface area contributed by atoms with Crippen LogP contribution in [0.4, 0.5) is 5.13 Å². The van der Waals surface area contributed by atoms with Gasteiger partial charge in [0.15, 0.2) is 9.47 Å². The number of carbonyl (C=O) groups excluding carboxylic acids is 3. The number of aryl methyl sites for hydroxylation is 1. The Morgan fingerprint density at radius 2 is 1.54 bits per heavy atom. The molecule has 0 spiro atoms. The quantitative estimate of drug-likeness (QED) is 0.0494. The smallest absolute Gasteiger partial charge is 0.352 e. The Labute approximate surface area is 303 Å². The first-order chi connectivity index (χ1) is 24.3. The fourth-order valence-corrected chi connectivity index (χ4v) is 10.0. The van der Waals surface area contributed by atoms with E-state index in [1.165, 1.54) is 56.5 Å². The van der Waals surface area contributed by atoms with Crippen molar-refractivity contribution in [2.45, 2.75) is 28.2 Å². The number of hydrogen-bond acceptors (Lipinski definition) is 12. The Hall–Kier alpha value is -4.83. The van der Waals surface area contributed by atoms with E-state index in [0.717, 1.165) is 21.7 Å². The number of β-lactam (4-membered cyclic amide) rings is 1. The molecule has 1 saturated heterocycles. The van der Waals surface area contributed by atoms with Gasteiger partial charge in [-0.15, -0.1) is 33.3 Å². The number of ketones is 1. The first-order valence-electron chi connectivity index (χ1n) is 15.3. The van der Waals surface area contributed by atoms with Crippen molar-refractivity contribution in [3.63, 3.8) is 0 Å². The zero-order chi connectivity index (χ0) is 34.8. The molecule has 3 N–H and O–H groups in total. The van der Waals surface area contributed by atoms with Crippen LogP contribution in [0.2, 0.25) is 0 Å². The van der Waals surface area contributed by atoms with E-state index in [4.69, 9.17) is 0 Å². The van der Waals surface area contributed by atoms with Crippen LogP contribution in [0.15, 0.2) is 112 Å². The molecule has 0 aliphatic carbocycles. The number of anilines is 1. The average Bonchev–Trinajstić information content (AvgIpc) is 3.80. The third-order valence-corrected chi connectivity index (χ3v) is 12.4. The molecule has 0 bridgehead atoms. The Bertz CT molecular complexity index is 2010. The molecule has 2 atom stereocenters. The van der Waals surface area contributed by atoms with Crippen LogP contribution < -0.4 is 10.6 Å². The predicted octanol–water partition coefficient (Wildman–Crippen LogP) is 5.42. The number of carbonyl (C=O) groups is 4. The lowest BCUT2D eigenvalue weighted by Gasteiger charge is -2.49. The zero-order valence-corrected chi connectivity index (χ0v) is 29.6. The zero-order valence-electron chi connectivity index (χ0n) is 26.3. The number of nitrogens with one attached hydrogen (secondary N) is 2. The van der Waals surface area contributed by atoms with Crippen LogP contribution in [0.25, 0.3) is 0 Å². The molecule has 2 amide bonds. The second-order valence-electron chi connectivity index (χ2n) is 11.3. The molecule has 4 heterocycles. The van der Waals surface area contributed by atoms with Crippen LogP contribution in [0.1, 0.15) is 32.2 Å². The molecule has 3 aromatic carbocycles. The summed E-state index contributed by atoms with van der Waals surface area (Å²) in [7, 11) is 0. The fraction of sp³-hybridized carbons (Fsp3) is 0.171. The number of thioether (sulfide) groups is 2. The van der Waals surface area contributed by atoms with Gasteiger partial charge in [-0.1, -0.05) is 114 Å². The lowest BCUT2D eigenvalue weighted by molar-refractivity contribution is -0.150. The molecule has 2 aromatic heterocycles. The lowest BCUT2D eigenvalue weighted by atomic mass is 9.77. The molecule has 2 aliphatic heterocycles. The Morgan fingerprint density at radius 3 is 2.08 bits per heavy atom. The van der Waals surface area contributed by atoms with Crippen LogP contribution >= 0.6 is 46.2 Å². The molecular weight excluding hydrogens is 713 g/mol. The number of aliphatic carboxylic acids is 1. The normalized spacial score (nSPS) is 17.1. The first-order valence-corrected chi connectivity index (χ1v) is 19.1. The topological polar surface area (TPSA) is 154 Å². The van der Waals surface area contributed by atoms with Gasteiger partial charge in [-0.05, 0) is 29.2 Å². The maximum Gasteiger partial charge on any atom is 0.352 e. The number of rotatable bonds is 12. The minimum atomic E-state index is -1.23. The van der Waals surface area contributed by atoms with Gasteiger partial charge in [0.25, 0.3) is 17.6 Å². The number of hydrogen-bond donors (Lipinski definition) is 3. The van der Waals surface area contributed by atoms with Crippen LogP contribution in [-0.2, 0) is 19.9 Å². The maximum absolute atomic E-state index is 13.4. The monoisotopic (exact) mass is 740 g/mol. The Kier molecular flexibility index (Phi) is 9.55. The number of benzene rings is 3. The standard InChI is InChI=1S/C35H28N6O5S4/c1-20-39-40-34(50-20)49-18-21-17-47-31-26(30(44)41(31)27(21)32(45)46)37-29(43)28(42)25-19-48-33(36-25)38-35(22-11-5-2-6-12-22,23-13-7-3-8-14-23)24-15-9-4-10-16-24/h2-16,19,26,31H,17-18H2,1H3,(H,36,38)(H,37,43)(H,45,46)/t26?,31-/m0/s1. The molecule has 1 fully saturated rings. The summed E-state index contributed by atoms with van der Waals surface area (Å²) in [6.07, 6.45) is 0. The molecule has 1 unspecified atom stereocenters. The van der Waals surface area contributed by atoms with E-state index in [0.29, 0.717) is 26.6 Å². The highest BCUT2D eigenvalue weighted by Gasteiger charge is 2.54. The van der Waals surface area contributed by atoms with Gasteiger partial charge in [0.1, 0.15) is 33.4 Å². The largest absolute Gasteiger partial charge is 0.477 e. The number of carboxylic acid groups (broad SMARTS) is 1. The summed E-state index contributed by atoms with van der Waals surface area (Å²) in [4.78, 5) is 57.8. The number of Topliss-reactive ketones (excluding diaryl/α,β-unsaturated/α-hetero) is 1. The summed E-state index contributed by atoms with van der Waals surface area (Å²) in [5.41, 5.74) is 2.36. The van der Waals surface area contributed by atoms with Gasteiger partial charge in [-0.25, -0.2) is 9.78 Å². The number of thiazole rings is 1. The first kappa shape index (κ1) is 33.7. The number of amides is 2. The van der Waals surface area contributed by atoms with Gasteiger partial charge in [0.2, 0.25) is 0 Å². The maximum atomic E-state index is 13.4. The average molecular weight is 741 g/mol. The predicted molar refractivity (Wildman–Crippen MR) is 194 cm³/mol. The molecule has 15 heteroatoms. The summed E-state index contributed by atoms with van der Waals surface area (Å²) >= 11 is 5.29. The lowest BCUT2D eigenvalue weighted by Crippen LogP contribution is -2.71. The van der Waals surface area contributed by atoms with Crippen molar-refractivity contribution >= 4 is 74.9 Å². The number of aromatic nitrogens is 3. The van der Waals surface area contributed by atoms with Crippen molar-refractivity contribution in [2.24, 2.45) is 0 Å². The molecule has 50 heavy (non-hydrogen) atoms. The van der Waals surface area contributed by atoms with Crippen molar-refractivity contribution < 1.29 is 24.3 Å². The second-order valence-corrected chi connectivity index (χ2v) is 15.7. The van der Waals surface area contributed by atoms with Gasteiger partial charge >= 0.3 is 5.97 Å². The number of nitrogens with zero attached hydrogens (tertiary/aromatic N) is 4. The molecular formula is C35H28N6O5S4. The highest BCUT2D eigenvalue weighted by molar-refractivity contribution is 8.01. The van der Waals surface area contributed by atoms with Gasteiger partial charge < -0.3 is 15.7 Å². The molecule has 11 nitrogen and oxygen atoms in total. The minimum absolute atomic E-state index is 0.0737. The highest BCUT2D eigenvalue weighted by atomic mass is 32.2. The number of carboxylic acids is 1. The summed E-state index contributed by atoms with van der Waals surface area (Å²) in [5, 5.41) is 26.3. The summed E-state index contributed by atoms with van der Waals surface area (Å²) in [6, 6.07) is 28.7. The molecule has 252 valence electrons. The van der Waals surface area contributed by atoms with E-state index >= 15 is 0 Å². The van der Waals surface area contributed by atoms with Gasteiger partial charge in [0.05, 0.1) is 0 Å². The highest BCUT2D eigenvalue weighted by Crippen LogP contribution is 2.43. The van der Waals surface area contributed by atoms with Crippen molar-refractivity contribution in [2.75, 3.05) is 16.8 Å². The van der Waals surface area contributed by atoms with Gasteiger partial charge in [-0.3, -0.25) is 19.3 Å². The van der Waals surface area contributed by atoms with E-state index in [9.17, 15) is 24.3 Å². The van der Waals surface area contributed by atoms with Gasteiger partial charge in [0, 0.05) is 16.9 Å². The van der Waals surface area contributed by atoms with E-state index in [1.807, 2.05) is 97.9 Å². The summed E-state index contributed by atoms with van der Waals surface area (Å²) in [6.45, 7) is 1.83. The third kappa shape index (κ3) is 6.33. The molecule has 0 saturated carbocycles. The van der Waals surface area contributed by atoms with Crippen LogP contribution in [0.3, 0.4) is 0 Å². The van der Waals surface area contributed by atoms with Crippen molar-refractivity contribution in [3.05, 3.63) is 135 Å². The van der Waals surface area contributed by atoms with Crippen molar-refractivity contribution in [3.8, 4) is 0 Å². The van der Waals surface area contributed by atoms with Crippen molar-refractivity contribution in [1.82, 2.24) is 25.4 Å². The van der Waals surface area contributed by atoms with E-state index in [2.05, 4.69) is 25.8 Å². The molecule has 5 aromatic rings. The Balaban J connectivity index is 1.09.